The molecule has 1 N–H and O–H groups in total. The molecule has 0 fully saturated rings. The van der Waals surface area contributed by atoms with Crippen LogP contribution in [0.5, 0.6) is 0 Å². The van der Waals surface area contributed by atoms with Crippen LogP contribution in [0.2, 0.25) is 0 Å². The Morgan fingerprint density at radius 1 is 1.08 bits per heavy atom. The average molecular weight is 360 g/mol. The Morgan fingerprint density at radius 2 is 1.88 bits per heavy atom. The molecule has 0 atom stereocenters. The summed E-state index contributed by atoms with van der Waals surface area (Å²) in [7, 11) is 0. The van der Waals surface area contributed by atoms with E-state index in [1.165, 1.54) is 24.4 Å². The van der Waals surface area contributed by atoms with Crippen molar-refractivity contribution in [3.8, 4) is 11.3 Å². The fourth-order valence-corrected chi connectivity index (χ4v) is 2.40. The molecule has 0 aliphatic heterocycles. The van der Waals surface area contributed by atoms with Crippen LogP contribution in [-0.4, -0.2) is 10.9 Å². The van der Waals surface area contributed by atoms with Crippen LogP contribution in [0.25, 0.3) is 11.3 Å². The highest BCUT2D eigenvalue weighted by atomic mass is 19.1. The van der Waals surface area contributed by atoms with Gasteiger partial charge in [-0.25, -0.2) is 18.2 Å². The lowest BCUT2D eigenvalue weighted by Crippen LogP contribution is -2.23. The van der Waals surface area contributed by atoms with E-state index >= 15 is 0 Å². The molecule has 0 aliphatic rings. The summed E-state index contributed by atoms with van der Waals surface area (Å²) < 4.78 is 45.2. The SMILES string of the molecule is O=C(CCc1ncc(-c2ccc(F)cc2F)o1)NCc1cccc(F)c1. The van der Waals surface area contributed by atoms with E-state index in [-0.39, 0.29) is 48.3 Å². The van der Waals surface area contributed by atoms with E-state index in [4.69, 9.17) is 4.42 Å². The van der Waals surface area contributed by atoms with Gasteiger partial charge in [0.15, 0.2) is 11.7 Å². The number of rotatable bonds is 6. The number of hydrogen-bond donors (Lipinski definition) is 1. The number of halogens is 3. The number of hydrogen-bond acceptors (Lipinski definition) is 3. The maximum atomic E-state index is 13.7. The van der Waals surface area contributed by atoms with Crippen molar-refractivity contribution in [2.75, 3.05) is 0 Å². The first-order chi connectivity index (χ1) is 12.5. The lowest BCUT2D eigenvalue weighted by molar-refractivity contribution is -0.121. The van der Waals surface area contributed by atoms with Crippen LogP contribution in [0.4, 0.5) is 13.2 Å². The number of nitrogens with one attached hydrogen (secondary N) is 1. The van der Waals surface area contributed by atoms with Crippen LogP contribution in [0.3, 0.4) is 0 Å². The number of amides is 1. The first-order valence-corrected chi connectivity index (χ1v) is 7.92. The Bertz CT molecular complexity index is 925. The molecule has 0 aliphatic carbocycles. The standard InChI is InChI=1S/C19H15F3N2O2/c20-13-3-1-2-12(8-13)10-23-18(25)6-7-19-24-11-17(26-19)15-5-4-14(21)9-16(15)22/h1-5,8-9,11H,6-7,10H2,(H,23,25). The molecule has 1 heterocycles. The first-order valence-electron chi connectivity index (χ1n) is 7.92. The number of nitrogens with zero attached hydrogens (tertiary/aromatic N) is 1. The summed E-state index contributed by atoms with van der Waals surface area (Å²) in [5.41, 5.74) is 0.754. The van der Waals surface area contributed by atoms with Gasteiger partial charge in [-0.05, 0) is 29.8 Å². The number of oxazole rings is 1. The second-order valence-electron chi connectivity index (χ2n) is 5.65. The zero-order valence-corrected chi connectivity index (χ0v) is 13.6. The van der Waals surface area contributed by atoms with Gasteiger partial charge >= 0.3 is 0 Å². The van der Waals surface area contributed by atoms with Gasteiger partial charge in [0.05, 0.1) is 11.8 Å². The molecular formula is C19H15F3N2O2. The summed E-state index contributed by atoms with van der Waals surface area (Å²) in [5, 5.41) is 2.67. The van der Waals surface area contributed by atoms with Gasteiger partial charge in [0, 0.05) is 25.5 Å². The van der Waals surface area contributed by atoms with Crippen molar-refractivity contribution in [3.05, 3.63) is 77.6 Å². The molecule has 0 bridgehead atoms. The Morgan fingerprint density at radius 3 is 2.65 bits per heavy atom. The van der Waals surface area contributed by atoms with Crippen LogP contribution in [0.1, 0.15) is 17.9 Å². The van der Waals surface area contributed by atoms with Crippen molar-refractivity contribution in [2.24, 2.45) is 0 Å². The molecule has 134 valence electrons. The number of aryl methyl sites for hydroxylation is 1. The third kappa shape index (κ3) is 4.50. The Balaban J connectivity index is 1.53. The van der Waals surface area contributed by atoms with Gasteiger partial charge in [0.1, 0.15) is 17.5 Å². The minimum Gasteiger partial charge on any atom is -0.441 e. The number of benzene rings is 2. The normalized spacial score (nSPS) is 10.7. The Hall–Kier alpha value is -3.09. The van der Waals surface area contributed by atoms with Crippen molar-refractivity contribution in [1.82, 2.24) is 10.3 Å². The molecule has 0 spiro atoms. The highest BCUT2D eigenvalue weighted by molar-refractivity contribution is 5.76. The van der Waals surface area contributed by atoms with Gasteiger partial charge in [-0.2, -0.15) is 0 Å². The lowest BCUT2D eigenvalue weighted by Gasteiger charge is -2.04. The molecule has 3 rings (SSSR count). The summed E-state index contributed by atoms with van der Waals surface area (Å²) in [6, 6.07) is 9.10. The molecule has 4 nitrogen and oxygen atoms in total. The largest absolute Gasteiger partial charge is 0.441 e. The molecule has 2 aromatic carbocycles. The van der Waals surface area contributed by atoms with E-state index in [0.717, 1.165) is 12.1 Å². The molecule has 0 saturated heterocycles. The van der Waals surface area contributed by atoms with Crippen LogP contribution in [-0.2, 0) is 17.8 Å². The smallest absolute Gasteiger partial charge is 0.220 e. The van der Waals surface area contributed by atoms with E-state index in [9.17, 15) is 18.0 Å². The molecule has 26 heavy (non-hydrogen) atoms. The summed E-state index contributed by atoms with van der Waals surface area (Å²) in [5.74, 6) is -1.61. The topological polar surface area (TPSA) is 55.1 Å². The summed E-state index contributed by atoms with van der Waals surface area (Å²) >= 11 is 0. The Labute approximate surface area is 147 Å². The number of carbonyl (C=O) groups is 1. The van der Waals surface area contributed by atoms with Crippen molar-refractivity contribution < 1.29 is 22.4 Å². The van der Waals surface area contributed by atoms with Gasteiger partial charge in [-0.3, -0.25) is 4.79 Å². The predicted molar refractivity (Wildman–Crippen MR) is 88.4 cm³/mol. The van der Waals surface area contributed by atoms with Gasteiger partial charge in [0.2, 0.25) is 5.91 Å². The molecule has 7 heteroatoms. The first kappa shape index (κ1) is 17.7. The zero-order chi connectivity index (χ0) is 18.5. The van der Waals surface area contributed by atoms with Gasteiger partial charge in [0.25, 0.3) is 0 Å². The van der Waals surface area contributed by atoms with Crippen molar-refractivity contribution in [1.29, 1.82) is 0 Å². The minimum absolute atomic E-state index is 0.0979. The third-order valence-electron chi connectivity index (χ3n) is 3.69. The van der Waals surface area contributed by atoms with Crippen LogP contribution < -0.4 is 5.32 Å². The average Bonchev–Trinajstić information content (AvgIpc) is 3.07. The molecular weight excluding hydrogens is 345 g/mol. The number of carbonyl (C=O) groups excluding carboxylic acids is 1. The fourth-order valence-electron chi connectivity index (χ4n) is 2.40. The highest BCUT2D eigenvalue weighted by Crippen LogP contribution is 2.24. The third-order valence-corrected chi connectivity index (χ3v) is 3.69. The van der Waals surface area contributed by atoms with Crippen LogP contribution >= 0.6 is 0 Å². The molecule has 1 amide bonds. The van der Waals surface area contributed by atoms with Crippen molar-refractivity contribution >= 4 is 5.91 Å². The van der Waals surface area contributed by atoms with E-state index in [0.29, 0.717) is 5.56 Å². The van der Waals surface area contributed by atoms with Crippen LogP contribution in [0, 0.1) is 17.5 Å². The van der Waals surface area contributed by atoms with Crippen molar-refractivity contribution in [2.45, 2.75) is 19.4 Å². The maximum absolute atomic E-state index is 13.7. The van der Waals surface area contributed by atoms with Crippen molar-refractivity contribution in [3.63, 3.8) is 0 Å². The quantitative estimate of drug-likeness (QED) is 0.723. The molecule has 0 saturated carbocycles. The van der Waals surface area contributed by atoms with Gasteiger partial charge in [-0.1, -0.05) is 12.1 Å². The second kappa shape index (κ2) is 7.86. The fraction of sp³-hybridized carbons (Fsp3) is 0.158. The lowest BCUT2D eigenvalue weighted by atomic mass is 10.2. The summed E-state index contributed by atoms with van der Waals surface area (Å²) in [6.07, 6.45) is 1.66. The van der Waals surface area contributed by atoms with E-state index in [2.05, 4.69) is 10.3 Å². The van der Waals surface area contributed by atoms with E-state index in [1.54, 1.807) is 12.1 Å². The Kier molecular flexibility index (Phi) is 5.36. The maximum Gasteiger partial charge on any atom is 0.220 e. The second-order valence-corrected chi connectivity index (χ2v) is 5.65. The molecule has 0 unspecified atom stereocenters. The number of aromatic nitrogens is 1. The monoisotopic (exact) mass is 360 g/mol. The van der Waals surface area contributed by atoms with E-state index < -0.39 is 11.6 Å². The highest BCUT2D eigenvalue weighted by Gasteiger charge is 2.13. The van der Waals surface area contributed by atoms with Gasteiger partial charge in [-0.15, -0.1) is 0 Å². The van der Waals surface area contributed by atoms with E-state index in [1.807, 2.05) is 0 Å². The minimum atomic E-state index is -0.750. The summed E-state index contributed by atoms with van der Waals surface area (Å²) in [4.78, 5) is 15.9. The molecule has 3 aromatic rings. The molecule has 0 radical (unpaired) electrons. The van der Waals surface area contributed by atoms with Crippen LogP contribution in [0.15, 0.2) is 53.1 Å². The van der Waals surface area contributed by atoms with Gasteiger partial charge < -0.3 is 9.73 Å². The zero-order valence-electron chi connectivity index (χ0n) is 13.6. The molecule has 1 aromatic heterocycles. The summed E-state index contributed by atoms with van der Waals surface area (Å²) in [6.45, 7) is 0.216. The predicted octanol–water partition coefficient (Wildman–Crippen LogP) is 4.01.